The van der Waals surface area contributed by atoms with Gasteiger partial charge in [0, 0.05) is 25.6 Å². The van der Waals surface area contributed by atoms with Gasteiger partial charge in [0.15, 0.2) is 0 Å². The monoisotopic (exact) mass is 369 g/mol. The van der Waals surface area contributed by atoms with Crippen LogP contribution in [-0.4, -0.2) is 45.9 Å². The third-order valence-electron chi connectivity index (χ3n) is 5.49. The first-order chi connectivity index (χ1) is 13.2. The smallest absolute Gasteiger partial charge is 0.147 e. The normalized spacial score (nSPS) is 18.6. The van der Waals surface area contributed by atoms with E-state index in [9.17, 15) is 0 Å². The summed E-state index contributed by atoms with van der Waals surface area (Å²) in [6, 6.07) is 8.56. The molecule has 27 heavy (non-hydrogen) atoms. The van der Waals surface area contributed by atoms with Crippen LogP contribution in [0.15, 0.2) is 24.3 Å². The van der Waals surface area contributed by atoms with Crippen molar-refractivity contribution in [1.82, 2.24) is 25.0 Å². The van der Waals surface area contributed by atoms with E-state index in [1.165, 1.54) is 11.4 Å². The molecule has 4 rings (SSSR count). The zero-order valence-corrected chi connectivity index (χ0v) is 16.5. The van der Waals surface area contributed by atoms with Crippen LogP contribution in [0.1, 0.15) is 49.8 Å². The Labute approximate surface area is 161 Å². The fourth-order valence-electron chi connectivity index (χ4n) is 4.02. The van der Waals surface area contributed by atoms with Crippen LogP contribution < -0.4 is 10.1 Å². The Bertz CT molecular complexity index is 749. The lowest BCUT2D eigenvalue weighted by molar-refractivity contribution is 0.199. The van der Waals surface area contributed by atoms with Gasteiger partial charge in [-0.1, -0.05) is 26.0 Å². The number of nitrogens with zero attached hydrogens (tertiary/aromatic N) is 4. The van der Waals surface area contributed by atoms with Crippen molar-refractivity contribution in [1.29, 1.82) is 0 Å². The number of hydrogen-bond acceptors (Lipinski definition) is 5. The fraction of sp³-hybridized carbons (Fsp3) is 0.619. The number of fused-ring (bicyclic) bond motifs is 1. The van der Waals surface area contributed by atoms with Gasteiger partial charge in [0.2, 0.25) is 0 Å². The summed E-state index contributed by atoms with van der Waals surface area (Å²) in [6.45, 7) is 11.2. The lowest BCUT2D eigenvalue weighted by atomic mass is 9.95. The average Bonchev–Trinajstić information content (AvgIpc) is 3.11. The Morgan fingerprint density at radius 2 is 2.04 bits per heavy atom. The standard InChI is InChI=1S/C21H31N5O/c1-16(2)15-27-19-5-3-4-17(12-19)14-25-9-6-18(7-10-25)21-24-23-20-13-22-8-11-26(20)21/h3-5,12,16,18,22H,6-11,13-15H2,1-2H3. The maximum Gasteiger partial charge on any atom is 0.147 e. The van der Waals surface area contributed by atoms with Gasteiger partial charge < -0.3 is 14.6 Å². The first-order valence-electron chi connectivity index (χ1n) is 10.3. The van der Waals surface area contributed by atoms with Crippen LogP contribution in [0.3, 0.4) is 0 Å². The zero-order valence-electron chi connectivity index (χ0n) is 16.5. The summed E-state index contributed by atoms with van der Waals surface area (Å²) in [6.07, 6.45) is 2.32. The number of benzene rings is 1. The molecule has 1 aromatic carbocycles. The van der Waals surface area contributed by atoms with Crippen LogP contribution in [0.5, 0.6) is 5.75 Å². The number of piperidine rings is 1. The highest BCUT2D eigenvalue weighted by molar-refractivity contribution is 5.28. The molecule has 6 nitrogen and oxygen atoms in total. The van der Waals surface area contributed by atoms with Gasteiger partial charge in [-0.3, -0.25) is 4.90 Å². The van der Waals surface area contributed by atoms with E-state index >= 15 is 0 Å². The summed E-state index contributed by atoms with van der Waals surface area (Å²) < 4.78 is 8.21. The minimum atomic E-state index is 0.543. The minimum Gasteiger partial charge on any atom is -0.493 e. The van der Waals surface area contributed by atoms with Crippen molar-refractivity contribution in [2.75, 3.05) is 26.2 Å². The summed E-state index contributed by atoms with van der Waals surface area (Å²) in [7, 11) is 0. The third-order valence-corrected chi connectivity index (χ3v) is 5.49. The summed E-state index contributed by atoms with van der Waals surface area (Å²) in [5.74, 6) is 4.37. The second-order valence-electron chi connectivity index (χ2n) is 8.21. The van der Waals surface area contributed by atoms with Crippen LogP contribution in [0.4, 0.5) is 0 Å². The molecule has 2 aliphatic rings. The molecular formula is C21H31N5O. The maximum absolute atomic E-state index is 5.87. The molecule has 0 aliphatic carbocycles. The third kappa shape index (κ3) is 4.50. The van der Waals surface area contributed by atoms with E-state index in [0.29, 0.717) is 11.8 Å². The average molecular weight is 370 g/mol. The molecule has 0 amide bonds. The lowest BCUT2D eigenvalue weighted by Crippen LogP contribution is -2.34. The molecule has 0 radical (unpaired) electrons. The van der Waals surface area contributed by atoms with Crippen molar-refractivity contribution in [3.05, 3.63) is 41.5 Å². The molecule has 1 N–H and O–H groups in total. The summed E-state index contributed by atoms with van der Waals surface area (Å²) in [5.41, 5.74) is 1.33. The molecule has 2 aromatic rings. The van der Waals surface area contributed by atoms with Crippen LogP contribution in [0, 0.1) is 5.92 Å². The summed E-state index contributed by atoms with van der Waals surface area (Å²) >= 11 is 0. The van der Waals surface area contributed by atoms with Crippen molar-refractivity contribution < 1.29 is 4.74 Å². The minimum absolute atomic E-state index is 0.543. The van der Waals surface area contributed by atoms with Crippen molar-refractivity contribution in [2.24, 2.45) is 5.92 Å². The molecule has 0 atom stereocenters. The quantitative estimate of drug-likeness (QED) is 0.849. The highest BCUT2D eigenvalue weighted by Crippen LogP contribution is 2.28. The first kappa shape index (κ1) is 18.4. The van der Waals surface area contributed by atoms with Gasteiger partial charge in [-0.2, -0.15) is 0 Å². The fourth-order valence-corrected chi connectivity index (χ4v) is 4.02. The maximum atomic E-state index is 5.87. The van der Waals surface area contributed by atoms with Gasteiger partial charge in [-0.05, 0) is 49.5 Å². The Balaban J connectivity index is 1.32. The number of ether oxygens (including phenoxy) is 1. The molecule has 1 fully saturated rings. The second-order valence-corrected chi connectivity index (χ2v) is 8.21. The molecule has 6 heteroatoms. The van der Waals surface area contributed by atoms with Crippen LogP contribution in [-0.2, 0) is 19.6 Å². The zero-order chi connectivity index (χ0) is 18.6. The Kier molecular flexibility index (Phi) is 5.74. The predicted molar refractivity (Wildman–Crippen MR) is 106 cm³/mol. The van der Waals surface area contributed by atoms with Crippen molar-refractivity contribution in [3.8, 4) is 5.75 Å². The van der Waals surface area contributed by atoms with Gasteiger partial charge in [0.05, 0.1) is 13.2 Å². The van der Waals surface area contributed by atoms with E-state index in [2.05, 4.69) is 63.1 Å². The van der Waals surface area contributed by atoms with Gasteiger partial charge in [-0.15, -0.1) is 10.2 Å². The van der Waals surface area contributed by atoms with Gasteiger partial charge in [-0.25, -0.2) is 0 Å². The summed E-state index contributed by atoms with van der Waals surface area (Å²) in [4.78, 5) is 2.55. The van der Waals surface area contributed by atoms with Gasteiger partial charge in [0.25, 0.3) is 0 Å². The number of likely N-dealkylation sites (tertiary alicyclic amines) is 1. The molecule has 146 valence electrons. The first-order valence-corrected chi connectivity index (χ1v) is 10.3. The molecule has 1 aromatic heterocycles. The topological polar surface area (TPSA) is 55.2 Å². The molecule has 1 saturated heterocycles. The Morgan fingerprint density at radius 3 is 2.85 bits per heavy atom. The molecule has 0 bridgehead atoms. The Morgan fingerprint density at radius 1 is 1.19 bits per heavy atom. The molecule has 0 unspecified atom stereocenters. The van der Waals surface area contributed by atoms with Crippen molar-refractivity contribution in [3.63, 3.8) is 0 Å². The molecule has 2 aliphatic heterocycles. The largest absolute Gasteiger partial charge is 0.493 e. The molecule has 3 heterocycles. The number of rotatable bonds is 6. The SMILES string of the molecule is CC(C)COc1cccc(CN2CCC(c3nnc4n3CCNC4)CC2)c1. The highest BCUT2D eigenvalue weighted by Gasteiger charge is 2.27. The van der Waals surface area contributed by atoms with Crippen LogP contribution in [0.2, 0.25) is 0 Å². The number of aromatic nitrogens is 3. The van der Waals surface area contributed by atoms with E-state index in [0.717, 1.165) is 70.3 Å². The number of hydrogen-bond donors (Lipinski definition) is 1. The van der Waals surface area contributed by atoms with Crippen molar-refractivity contribution in [2.45, 2.75) is 52.2 Å². The van der Waals surface area contributed by atoms with E-state index in [4.69, 9.17) is 4.74 Å². The van der Waals surface area contributed by atoms with E-state index in [1.807, 2.05) is 0 Å². The van der Waals surface area contributed by atoms with Crippen molar-refractivity contribution >= 4 is 0 Å². The van der Waals surface area contributed by atoms with Crippen LogP contribution >= 0.6 is 0 Å². The van der Waals surface area contributed by atoms with Gasteiger partial charge >= 0.3 is 0 Å². The molecule has 0 saturated carbocycles. The Hall–Kier alpha value is -1.92. The van der Waals surface area contributed by atoms with E-state index in [-0.39, 0.29) is 0 Å². The highest BCUT2D eigenvalue weighted by atomic mass is 16.5. The lowest BCUT2D eigenvalue weighted by Gasteiger charge is -2.32. The summed E-state index contributed by atoms with van der Waals surface area (Å²) in [5, 5.41) is 12.3. The second kappa shape index (κ2) is 8.40. The number of nitrogens with one attached hydrogen (secondary N) is 1. The molecule has 0 spiro atoms. The van der Waals surface area contributed by atoms with Crippen LogP contribution in [0.25, 0.3) is 0 Å². The van der Waals surface area contributed by atoms with Gasteiger partial charge in [0.1, 0.15) is 17.4 Å². The van der Waals surface area contributed by atoms with E-state index in [1.54, 1.807) is 0 Å². The predicted octanol–water partition coefficient (Wildman–Crippen LogP) is 2.80. The molecular weight excluding hydrogens is 338 g/mol. The van der Waals surface area contributed by atoms with E-state index < -0.39 is 0 Å².